The van der Waals surface area contributed by atoms with Crippen molar-refractivity contribution in [3.8, 4) is 5.75 Å². The van der Waals surface area contributed by atoms with E-state index >= 15 is 0 Å². The summed E-state index contributed by atoms with van der Waals surface area (Å²) in [7, 11) is 1.21. The van der Waals surface area contributed by atoms with Gasteiger partial charge in [-0.1, -0.05) is 12.1 Å². The Balaban J connectivity index is 2.72. The van der Waals surface area contributed by atoms with Crippen LogP contribution in [0.3, 0.4) is 0 Å². The van der Waals surface area contributed by atoms with E-state index < -0.39 is 35.9 Å². The van der Waals surface area contributed by atoms with Crippen LogP contribution in [-0.2, 0) is 30.3 Å². The SMILES string of the molecule is COC(=O)[C@H](Cc1ccc(O)cc1)NC(=O)[C@H](C)NC(=O)[C@H](C)NC(C)=O. The number of aromatic hydroxyl groups is 1. The number of esters is 1. The van der Waals surface area contributed by atoms with Gasteiger partial charge in [-0.3, -0.25) is 14.4 Å². The molecule has 1 aromatic carbocycles. The Kier molecular flexibility index (Phi) is 8.25. The molecule has 0 bridgehead atoms. The summed E-state index contributed by atoms with van der Waals surface area (Å²) < 4.78 is 4.71. The maximum atomic E-state index is 12.3. The van der Waals surface area contributed by atoms with Crippen LogP contribution in [0.1, 0.15) is 26.3 Å². The van der Waals surface area contributed by atoms with Crippen LogP contribution in [-0.4, -0.2) is 54.0 Å². The Morgan fingerprint density at radius 1 is 0.963 bits per heavy atom. The van der Waals surface area contributed by atoms with Crippen LogP contribution in [0.2, 0.25) is 0 Å². The molecule has 0 unspecified atom stereocenters. The number of phenolic OH excluding ortho intramolecular Hbond substituents is 1. The van der Waals surface area contributed by atoms with E-state index in [1.807, 2.05) is 0 Å². The Morgan fingerprint density at radius 2 is 1.48 bits per heavy atom. The molecule has 148 valence electrons. The number of amides is 3. The molecular weight excluding hydrogens is 354 g/mol. The summed E-state index contributed by atoms with van der Waals surface area (Å²) in [5, 5.41) is 16.7. The smallest absolute Gasteiger partial charge is 0.328 e. The average Bonchev–Trinajstić information content (AvgIpc) is 2.61. The van der Waals surface area contributed by atoms with Crippen LogP contribution in [0.4, 0.5) is 0 Å². The van der Waals surface area contributed by atoms with Crippen molar-refractivity contribution in [1.82, 2.24) is 16.0 Å². The van der Waals surface area contributed by atoms with E-state index in [0.717, 1.165) is 0 Å². The third-order valence-corrected chi connectivity index (χ3v) is 3.74. The summed E-state index contributed by atoms with van der Waals surface area (Å²) in [5.41, 5.74) is 0.708. The van der Waals surface area contributed by atoms with Crippen LogP contribution in [0, 0.1) is 0 Å². The van der Waals surface area contributed by atoms with E-state index in [1.54, 1.807) is 12.1 Å². The molecule has 0 aliphatic carbocycles. The zero-order chi connectivity index (χ0) is 20.6. The van der Waals surface area contributed by atoms with Crippen molar-refractivity contribution in [3.05, 3.63) is 29.8 Å². The summed E-state index contributed by atoms with van der Waals surface area (Å²) in [5.74, 6) is -2.02. The number of carbonyl (C=O) groups excluding carboxylic acids is 4. The molecule has 0 saturated heterocycles. The molecule has 0 radical (unpaired) electrons. The van der Waals surface area contributed by atoms with Crippen molar-refractivity contribution >= 4 is 23.7 Å². The second kappa shape index (κ2) is 10.1. The minimum absolute atomic E-state index is 0.0852. The zero-order valence-corrected chi connectivity index (χ0v) is 15.7. The van der Waals surface area contributed by atoms with Crippen molar-refractivity contribution in [3.63, 3.8) is 0 Å². The third kappa shape index (κ3) is 7.35. The molecular formula is C18H25N3O6. The number of benzene rings is 1. The van der Waals surface area contributed by atoms with Gasteiger partial charge >= 0.3 is 5.97 Å². The number of hydrogen-bond acceptors (Lipinski definition) is 6. The van der Waals surface area contributed by atoms with Gasteiger partial charge < -0.3 is 25.8 Å². The number of rotatable bonds is 8. The Bertz CT molecular complexity index is 689. The first kappa shape index (κ1) is 21.9. The highest BCUT2D eigenvalue weighted by molar-refractivity contribution is 5.93. The van der Waals surface area contributed by atoms with Gasteiger partial charge in [-0.05, 0) is 31.5 Å². The van der Waals surface area contributed by atoms with Gasteiger partial charge in [-0.15, -0.1) is 0 Å². The first-order chi connectivity index (χ1) is 12.6. The van der Waals surface area contributed by atoms with Gasteiger partial charge in [0.05, 0.1) is 7.11 Å². The molecule has 0 heterocycles. The van der Waals surface area contributed by atoms with Gasteiger partial charge in [0, 0.05) is 13.3 Å². The molecule has 9 heteroatoms. The monoisotopic (exact) mass is 379 g/mol. The predicted octanol–water partition coefficient (Wildman–Crippen LogP) is -0.378. The zero-order valence-electron chi connectivity index (χ0n) is 15.7. The van der Waals surface area contributed by atoms with Crippen LogP contribution in [0.25, 0.3) is 0 Å². The highest BCUT2D eigenvalue weighted by Gasteiger charge is 2.26. The quantitative estimate of drug-likeness (QED) is 0.455. The van der Waals surface area contributed by atoms with Gasteiger partial charge in [0.25, 0.3) is 0 Å². The molecule has 4 N–H and O–H groups in total. The maximum absolute atomic E-state index is 12.3. The number of nitrogens with one attached hydrogen (secondary N) is 3. The minimum atomic E-state index is -0.959. The van der Waals surface area contributed by atoms with Crippen LogP contribution >= 0.6 is 0 Å². The maximum Gasteiger partial charge on any atom is 0.328 e. The molecule has 0 spiro atoms. The summed E-state index contributed by atoms with van der Waals surface area (Å²) in [6, 6.07) is 3.50. The molecule has 27 heavy (non-hydrogen) atoms. The van der Waals surface area contributed by atoms with Crippen molar-refractivity contribution < 1.29 is 29.0 Å². The number of ether oxygens (including phenoxy) is 1. The lowest BCUT2D eigenvalue weighted by atomic mass is 10.1. The van der Waals surface area contributed by atoms with E-state index in [0.29, 0.717) is 5.56 Å². The fourth-order valence-corrected chi connectivity index (χ4v) is 2.27. The van der Waals surface area contributed by atoms with Gasteiger partial charge in [-0.25, -0.2) is 4.79 Å². The summed E-state index contributed by atoms with van der Waals surface area (Å²) in [4.78, 5) is 47.3. The van der Waals surface area contributed by atoms with Gasteiger partial charge in [0.2, 0.25) is 17.7 Å². The molecule has 0 aliphatic rings. The molecule has 0 aliphatic heterocycles. The number of hydrogen-bond donors (Lipinski definition) is 4. The van der Waals surface area contributed by atoms with Gasteiger partial charge in [-0.2, -0.15) is 0 Å². The average molecular weight is 379 g/mol. The Hall–Kier alpha value is -3.10. The van der Waals surface area contributed by atoms with Crippen LogP contribution in [0.15, 0.2) is 24.3 Å². The second-order valence-electron chi connectivity index (χ2n) is 6.11. The molecule has 0 fully saturated rings. The van der Waals surface area contributed by atoms with E-state index in [-0.39, 0.29) is 18.1 Å². The van der Waals surface area contributed by atoms with E-state index in [9.17, 15) is 24.3 Å². The van der Waals surface area contributed by atoms with Crippen molar-refractivity contribution in [1.29, 1.82) is 0 Å². The van der Waals surface area contributed by atoms with Gasteiger partial charge in [0.1, 0.15) is 23.9 Å². The van der Waals surface area contributed by atoms with Crippen LogP contribution < -0.4 is 16.0 Å². The lowest BCUT2D eigenvalue weighted by Gasteiger charge is -2.21. The Morgan fingerprint density at radius 3 is 2.00 bits per heavy atom. The number of phenols is 1. The first-order valence-electron chi connectivity index (χ1n) is 8.37. The molecule has 1 rings (SSSR count). The molecule has 3 atom stereocenters. The normalized spacial score (nSPS) is 13.6. The lowest BCUT2D eigenvalue weighted by Crippen LogP contribution is -2.54. The molecule has 0 aromatic heterocycles. The van der Waals surface area contributed by atoms with Gasteiger partial charge in [0.15, 0.2) is 0 Å². The summed E-state index contributed by atoms with van der Waals surface area (Å²) in [6.07, 6.45) is 0.154. The highest BCUT2D eigenvalue weighted by Crippen LogP contribution is 2.12. The number of methoxy groups -OCH3 is 1. The fourth-order valence-electron chi connectivity index (χ4n) is 2.27. The molecule has 3 amide bonds. The molecule has 9 nitrogen and oxygen atoms in total. The summed E-state index contributed by atoms with van der Waals surface area (Å²) >= 11 is 0. The fraction of sp³-hybridized carbons (Fsp3) is 0.444. The number of carbonyl (C=O) groups is 4. The van der Waals surface area contributed by atoms with Crippen LogP contribution in [0.5, 0.6) is 5.75 Å². The Labute approximate surface area is 157 Å². The van der Waals surface area contributed by atoms with Crippen molar-refractivity contribution in [2.75, 3.05) is 7.11 Å². The predicted molar refractivity (Wildman–Crippen MR) is 96.6 cm³/mol. The highest BCUT2D eigenvalue weighted by atomic mass is 16.5. The summed E-state index contributed by atoms with van der Waals surface area (Å²) in [6.45, 7) is 4.23. The topological polar surface area (TPSA) is 134 Å². The van der Waals surface area contributed by atoms with E-state index in [2.05, 4.69) is 16.0 Å². The van der Waals surface area contributed by atoms with Crippen molar-refractivity contribution in [2.24, 2.45) is 0 Å². The minimum Gasteiger partial charge on any atom is -0.508 e. The lowest BCUT2D eigenvalue weighted by molar-refractivity contribution is -0.145. The van der Waals surface area contributed by atoms with E-state index in [4.69, 9.17) is 4.74 Å². The third-order valence-electron chi connectivity index (χ3n) is 3.74. The van der Waals surface area contributed by atoms with Crippen molar-refractivity contribution in [2.45, 2.75) is 45.3 Å². The largest absolute Gasteiger partial charge is 0.508 e. The molecule has 0 saturated carbocycles. The standard InChI is InChI=1S/C18H25N3O6/c1-10(19-12(3)22)16(24)20-11(2)17(25)21-15(18(26)27-4)9-13-5-7-14(23)8-6-13/h5-8,10-11,15,23H,9H2,1-4H3,(H,19,22)(H,20,24)(H,21,25)/t10-,11-,15-/m0/s1. The second-order valence-corrected chi connectivity index (χ2v) is 6.11. The first-order valence-corrected chi connectivity index (χ1v) is 8.37. The molecule has 1 aromatic rings. The van der Waals surface area contributed by atoms with E-state index in [1.165, 1.54) is 40.0 Å².